The maximum atomic E-state index is 12.5. The number of aromatic amines is 1. The summed E-state index contributed by atoms with van der Waals surface area (Å²) in [5.74, 6) is 0. The van der Waals surface area contributed by atoms with Gasteiger partial charge in [-0.25, -0.2) is 4.98 Å². The van der Waals surface area contributed by atoms with Crippen molar-refractivity contribution in [2.24, 2.45) is 0 Å². The Morgan fingerprint density at radius 1 is 1.22 bits per heavy atom. The highest BCUT2D eigenvalue weighted by molar-refractivity contribution is 5.76. The molecule has 1 saturated heterocycles. The molecule has 0 spiro atoms. The number of aromatic nitrogens is 4. The Morgan fingerprint density at radius 3 is 3.00 bits per heavy atom. The lowest BCUT2D eigenvalue weighted by Gasteiger charge is -2.23. The van der Waals surface area contributed by atoms with Crippen molar-refractivity contribution in [3.05, 3.63) is 58.9 Å². The quantitative estimate of drug-likeness (QED) is 0.800. The summed E-state index contributed by atoms with van der Waals surface area (Å²) in [6.07, 6.45) is 5.76. The number of fused-ring (bicyclic) bond motifs is 1. The molecule has 0 radical (unpaired) electrons. The Labute approximate surface area is 133 Å². The fourth-order valence-corrected chi connectivity index (χ4v) is 3.40. The third-order valence-corrected chi connectivity index (χ3v) is 4.60. The molecule has 3 aromatic rings. The van der Waals surface area contributed by atoms with Crippen molar-refractivity contribution in [2.45, 2.75) is 25.4 Å². The molecule has 1 aliphatic heterocycles. The van der Waals surface area contributed by atoms with Gasteiger partial charge in [0.05, 0.1) is 29.0 Å². The number of H-pyrrole nitrogens is 1. The minimum absolute atomic E-state index is 0.0351. The summed E-state index contributed by atoms with van der Waals surface area (Å²) >= 11 is 0. The number of nitrogens with zero attached hydrogens (tertiary/aromatic N) is 4. The first-order valence-electron chi connectivity index (χ1n) is 8.00. The van der Waals surface area contributed by atoms with Gasteiger partial charge in [-0.2, -0.15) is 5.10 Å². The molecule has 1 atom stereocenters. The summed E-state index contributed by atoms with van der Waals surface area (Å²) in [6.45, 7) is 2.55. The van der Waals surface area contributed by atoms with Crippen molar-refractivity contribution >= 4 is 10.9 Å². The molecule has 1 aliphatic rings. The van der Waals surface area contributed by atoms with Gasteiger partial charge in [-0.3, -0.25) is 19.4 Å². The third-order valence-electron chi connectivity index (χ3n) is 4.60. The van der Waals surface area contributed by atoms with E-state index in [1.807, 2.05) is 30.3 Å². The first-order valence-corrected chi connectivity index (χ1v) is 8.00. The van der Waals surface area contributed by atoms with E-state index < -0.39 is 0 Å². The van der Waals surface area contributed by atoms with E-state index >= 15 is 0 Å². The van der Waals surface area contributed by atoms with Crippen LogP contribution in [-0.2, 0) is 6.54 Å². The zero-order valence-electron chi connectivity index (χ0n) is 12.9. The van der Waals surface area contributed by atoms with E-state index in [9.17, 15) is 4.79 Å². The Balaban J connectivity index is 1.53. The predicted octanol–water partition coefficient (Wildman–Crippen LogP) is 1.96. The van der Waals surface area contributed by atoms with Crippen molar-refractivity contribution in [3.63, 3.8) is 0 Å². The van der Waals surface area contributed by atoms with Crippen molar-refractivity contribution in [3.8, 4) is 0 Å². The van der Waals surface area contributed by atoms with Gasteiger partial charge in [0.1, 0.15) is 0 Å². The first kappa shape index (κ1) is 14.1. The average molecular weight is 309 g/mol. The van der Waals surface area contributed by atoms with E-state index in [1.165, 1.54) is 6.42 Å². The summed E-state index contributed by atoms with van der Waals surface area (Å²) in [5.41, 5.74) is 1.95. The highest BCUT2D eigenvalue weighted by Crippen LogP contribution is 2.30. The van der Waals surface area contributed by atoms with Gasteiger partial charge < -0.3 is 0 Å². The van der Waals surface area contributed by atoms with Crippen LogP contribution in [0.5, 0.6) is 0 Å². The second kappa shape index (κ2) is 5.96. The lowest BCUT2D eigenvalue weighted by atomic mass is 10.1. The van der Waals surface area contributed by atoms with Crippen LogP contribution in [0.3, 0.4) is 0 Å². The Kier molecular flexibility index (Phi) is 3.67. The molecule has 1 N–H and O–H groups in total. The number of hydrogen-bond acceptors (Lipinski definition) is 4. The van der Waals surface area contributed by atoms with E-state index in [0.717, 1.165) is 30.7 Å². The highest BCUT2D eigenvalue weighted by atomic mass is 16.1. The molecular weight excluding hydrogens is 290 g/mol. The molecule has 4 rings (SSSR count). The van der Waals surface area contributed by atoms with Gasteiger partial charge in [0.15, 0.2) is 0 Å². The summed E-state index contributed by atoms with van der Waals surface area (Å²) in [7, 11) is 0. The molecule has 1 aromatic carbocycles. The molecule has 0 bridgehead atoms. The lowest BCUT2D eigenvalue weighted by molar-refractivity contribution is 0.241. The Morgan fingerprint density at radius 2 is 2.13 bits per heavy atom. The van der Waals surface area contributed by atoms with Gasteiger partial charge in [0, 0.05) is 19.3 Å². The molecule has 1 unspecified atom stereocenters. The van der Waals surface area contributed by atoms with Gasteiger partial charge in [-0.15, -0.1) is 0 Å². The first-order chi connectivity index (χ1) is 11.3. The van der Waals surface area contributed by atoms with Crippen LogP contribution in [0.25, 0.3) is 10.9 Å². The number of rotatable bonds is 4. The number of hydrogen-bond donors (Lipinski definition) is 1. The topological polar surface area (TPSA) is 66.8 Å². The van der Waals surface area contributed by atoms with Crippen LogP contribution in [-0.4, -0.2) is 37.7 Å². The fourth-order valence-electron chi connectivity index (χ4n) is 3.40. The third kappa shape index (κ3) is 2.66. The number of likely N-dealkylation sites (tertiary alicyclic amines) is 1. The maximum Gasteiger partial charge on any atom is 0.261 e. The second-order valence-corrected chi connectivity index (χ2v) is 5.97. The van der Waals surface area contributed by atoms with Crippen LogP contribution in [0, 0.1) is 0 Å². The number of benzene rings is 1. The average Bonchev–Trinajstić information content (AvgIpc) is 3.25. The Hall–Kier alpha value is -2.47. The molecule has 2 aromatic heterocycles. The van der Waals surface area contributed by atoms with Gasteiger partial charge in [-0.05, 0) is 37.6 Å². The van der Waals surface area contributed by atoms with Crippen molar-refractivity contribution in [2.75, 3.05) is 13.1 Å². The van der Waals surface area contributed by atoms with Crippen LogP contribution in [0.4, 0.5) is 0 Å². The summed E-state index contributed by atoms with van der Waals surface area (Å²) < 4.78 is 1.71. The molecule has 1 fully saturated rings. The van der Waals surface area contributed by atoms with Crippen LogP contribution < -0.4 is 5.56 Å². The van der Waals surface area contributed by atoms with Crippen LogP contribution in [0.2, 0.25) is 0 Å². The van der Waals surface area contributed by atoms with Crippen LogP contribution in [0.1, 0.15) is 24.6 Å². The zero-order valence-corrected chi connectivity index (χ0v) is 12.9. The molecule has 0 aliphatic carbocycles. The standard InChI is InChI=1S/C17H19N5O/c23-17-13-4-1-2-5-14(13)18-12-22(17)11-10-21-9-3-6-16(21)15-7-8-19-20-15/h1-2,4-5,7-8,12,16H,3,6,9-11H2,(H,19,20). The predicted molar refractivity (Wildman–Crippen MR) is 88.1 cm³/mol. The summed E-state index contributed by atoms with van der Waals surface area (Å²) in [4.78, 5) is 19.3. The second-order valence-electron chi connectivity index (χ2n) is 5.97. The lowest BCUT2D eigenvalue weighted by Crippen LogP contribution is -2.31. The number of nitrogens with one attached hydrogen (secondary N) is 1. The normalized spacial score (nSPS) is 18.7. The van der Waals surface area contributed by atoms with Crippen LogP contribution in [0.15, 0.2) is 47.7 Å². The zero-order chi connectivity index (χ0) is 15.6. The Bertz CT molecular complexity index is 855. The molecule has 0 saturated carbocycles. The monoisotopic (exact) mass is 309 g/mol. The van der Waals surface area contributed by atoms with E-state index in [0.29, 0.717) is 18.0 Å². The van der Waals surface area contributed by atoms with E-state index in [2.05, 4.69) is 20.1 Å². The van der Waals surface area contributed by atoms with Crippen molar-refractivity contribution in [1.29, 1.82) is 0 Å². The maximum absolute atomic E-state index is 12.5. The molecular formula is C17H19N5O. The van der Waals surface area contributed by atoms with Crippen molar-refractivity contribution < 1.29 is 0 Å². The minimum atomic E-state index is 0.0351. The molecule has 3 heterocycles. The van der Waals surface area contributed by atoms with Gasteiger partial charge >= 0.3 is 0 Å². The van der Waals surface area contributed by atoms with Gasteiger partial charge in [-0.1, -0.05) is 12.1 Å². The van der Waals surface area contributed by atoms with Gasteiger partial charge in [0.2, 0.25) is 0 Å². The molecule has 6 nitrogen and oxygen atoms in total. The van der Waals surface area contributed by atoms with E-state index in [4.69, 9.17) is 0 Å². The summed E-state index contributed by atoms with van der Waals surface area (Å²) in [6, 6.07) is 9.90. The van der Waals surface area contributed by atoms with Crippen LogP contribution >= 0.6 is 0 Å². The SMILES string of the molecule is O=c1c2ccccc2ncn1CCN1CCCC1c1ccn[nH]1. The molecule has 0 amide bonds. The molecule has 6 heteroatoms. The van der Waals surface area contributed by atoms with E-state index in [1.54, 1.807) is 17.1 Å². The smallest absolute Gasteiger partial charge is 0.261 e. The summed E-state index contributed by atoms with van der Waals surface area (Å²) in [5, 5.41) is 7.80. The minimum Gasteiger partial charge on any atom is -0.297 e. The largest absolute Gasteiger partial charge is 0.297 e. The fraction of sp³-hybridized carbons (Fsp3) is 0.353. The van der Waals surface area contributed by atoms with E-state index in [-0.39, 0.29) is 5.56 Å². The van der Waals surface area contributed by atoms with Gasteiger partial charge in [0.25, 0.3) is 5.56 Å². The van der Waals surface area contributed by atoms with Crippen molar-refractivity contribution in [1.82, 2.24) is 24.6 Å². The molecule has 118 valence electrons. The highest BCUT2D eigenvalue weighted by Gasteiger charge is 2.26. The molecule has 23 heavy (non-hydrogen) atoms. The number of para-hydroxylation sites is 1.